The molecule has 0 atom stereocenters. The predicted octanol–water partition coefficient (Wildman–Crippen LogP) is 3.49. The zero-order valence-corrected chi connectivity index (χ0v) is 9.33. The summed E-state index contributed by atoms with van der Waals surface area (Å²) in [6, 6.07) is 15.9. The smallest absolute Gasteiger partial charge is 0.0446 e. The molecule has 0 aliphatic heterocycles. The number of nitrogens with zero attached hydrogens (tertiary/aromatic N) is 1. The lowest BCUT2D eigenvalue weighted by Crippen LogP contribution is -2.21. The Hall–Kier alpha value is -1.50. The summed E-state index contributed by atoms with van der Waals surface area (Å²) in [5.74, 6) is 0. The molecule has 1 radical (unpaired) electrons. The van der Waals surface area contributed by atoms with Gasteiger partial charge in [-0.3, -0.25) is 0 Å². The Morgan fingerprint density at radius 2 is 1.80 bits per heavy atom. The van der Waals surface area contributed by atoms with Crippen molar-refractivity contribution < 1.29 is 0 Å². The van der Waals surface area contributed by atoms with Gasteiger partial charge in [0, 0.05) is 24.2 Å². The summed E-state index contributed by atoms with van der Waals surface area (Å²) >= 11 is 0. The van der Waals surface area contributed by atoms with Gasteiger partial charge in [-0.15, -0.1) is 0 Å². The average Bonchev–Trinajstić information content (AvgIpc) is 2.31. The van der Waals surface area contributed by atoms with Crippen molar-refractivity contribution >= 4 is 16.5 Å². The maximum atomic E-state index is 3.27. The van der Waals surface area contributed by atoms with Crippen molar-refractivity contribution in [2.24, 2.45) is 0 Å². The topological polar surface area (TPSA) is 3.24 Å². The van der Waals surface area contributed by atoms with Gasteiger partial charge < -0.3 is 4.90 Å². The monoisotopic (exact) mass is 198 g/mol. The highest BCUT2D eigenvalue weighted by atomic mass is 15.1. The molecule has 77 valence electrons. The van der Waals surface area contributed by atoms with Gasteiger partial charge in [-0.25, -0.2) is 0 Å². The Bertz CT molecular complexity index is 439. The van der Waals surface area contributed by atoms with Crippen molar-refractivity contribution in [1.29, 1.82) is 0 Å². The Kier molecular flexibility index (Phi) is 2.91. The molecule has 2 aromatic carbocycles. The van der Waals surface area contributed by atoms with Crippen LogP contribution in [0.5, 0.6) is 0 Å². The molecule has 0 amide bonds. The van der Waals surface area contributed by atoms with E-state index in [1.54, 1.807) is 0 Å². The van der Waals surface area contributed by atoms with E-state index in [4.69, 9.17) is 0 Å². The number of benzene rings is 2. The predicted molar refractivity (Wildman–Crippen MR) is 66.3 cm³/mol. The van der Waals surface area contributed by atoms with Crippen LogP contribution in [0.4, 0.5) is 5.69 Å². The van der Waals surface area contributed by atoms with Crippen LogP contribution in [0.1, 0.15) is 13.8 Å². The van der Waals surface area contributed by atoms with Crippen LogP contribution in [-0.2, 0) is 0 Å². The fraction of sp³-hybridized carbons (Fsp3) is 0.286. The summed E-state index contributed by atoms with van der Waals surface area (Å²) < 4.78 is 0. The molecule has 0 saturated heterocycles. The summed E-state index contributed by atoms with van der Waals surface area (Å²) in [6.45, 7) is 6.47. The van der Waals surface area contributed by atoms with Crippen LogP contribution >= 0.6 is 0 Å². The first kappa shape index (κ1) is 10.0. The van der Waals surface area contributed by atoms with Gasteiger partial charge in [0.2, 0.25) is 0 Å². The van der Waals surface area contributed by atoms with Gasteiger partial charge >= 0.3 is 0 Å². The van der Waals surface area contributed by atoms with E-state index in [1.807, 2.05) is 6.07 Å². The van der Waals surface area contributed by atoms with Gasteiger partial charge in [0.25, 0.3) is 0 Å². The second kappa shape index (κ2) is 4.35. The Labute approximate surface area is 91.3 Å². The van der Waals surface area contributed by atoms with Crippen LogP contribution in [-0.4, -0.2) is 13.1 Å². The van der Waals surface area contributed by atoms with E-state index in [2.05, 4.69) is 55.1 Å². The molecule has 2 rings (SSSR count). The first-order valence-corrected chi connectivity index (χ1v) is 5.51. The molecule has 0 spiro atoms. The largest absolute Gasteiger partial charge is 0.372 e. The molecular formula is C14H16N. The molecule has 0 aliphatic carbocycles. The second-order valence-corrected chi connectivity index (χ2v) is 3.58. The second-order valence-electron chi connectivity index (χ2n) is 3.58. The van der Waals surface area contributed by atoms with Crippen molar-refractivity contribution in [2.75, 3.05) is 18.0 Å². The summed E-state index contributed by atoms with van der Waals surface area (Å²) in [5.41, 5.74) is 1.31. The molecule has 1 heteroatoms. The van der Waals surface area contributed by atoms with Crippen molar-refractivity contribution in [3.8, 4) is 0 Å². The molecule has 0 aliphatic rings. The Morgan fingerprint density at radius 1 is 1.07 bits per heavy atom. The lowest BCUT2D eigenvalue weighted by Gasteiger charge is -2.22. The normalized spacial score (nSPS) is 10.5. The van der Waals surface area contributed by atoms with Gasteiger partial charge in [-0.1, -0.05) is 30.3 Å². The maximum Gasteiger partial charge on any atom is 0.0446 e. The van der Waals surface area contributed by atoms with Crippen LogP contribution in [0.2, 0.25) is 0 Å². The highest BCUT2D eigenvalue weighted by Gasteiger charge is 2.05. The van der Waals surface area contributed by atoms with E-state index < -0.39 is 0 Å². The highest BCUT2D eigenvalue weighted by molar-refractivity contribution is 5.93. The Morgan fingerprint density at radius 3 is 2.53 bits per heavy atom. The quantitative estimate of drug-likeness (QED) is 0.729. The third-order valence-corrected chi connectivity index (χ3v) is 2.79. The van der Waals surface area contributed by atoms with E-state index >= 15 is 0 Å². The summed E-state index contributed by atoms with van der Waals surface area (Å²) in [6.07, 6.45) is 0. The minimum Gasteiger partial charge on any atom is -0.372 e. The molecule has 0 unspecified atom stereocenters. The van der Waals surface area contributed by atoms with Crippen LogP contribution in [0.25, 0.3) is 10.8 Å². The molecule has 0 fully saturated rings. The minimum absolute atomic E-state index is 1.05. The zero-order valence-electron chi connectivity index (χ0n) is 9.33. The van der Waals surface area contributed by atoms with Crippen LogP contribution in [0, 0.1) is 6.07 Å². The molecular weight excluding hydrogens is 182 g/mol. The van der Waals surface area contributed by atoms with Crippen LogP contribution < -0.4 is 4.90 Å². The van der Waals surface area contributed by atoms with Crippen LogP contribution in [0.15, 0.2) is 36.4 Å². The SMILES string of the molecule is CCN(CC)c1cc[c]c2ccccc12. The highest BCUT2D eigenvalue weighted by Crippen LogP contribution is 2.25. The van der Waals surface area contributed by atoms with Gasteiger partial charge in [-0.2, -0.15) is 0 Å². The maximum absolute atomic E-state index is 3.27. The van der Waals surface area contributed by atoms with Gasteiger partial charge in [0.05, 0.1) is 0 Å². The van der Waals surface area contributed by atoms with E-state index in [9.17, 15) is 0 Å². The first-order chi connectivity index (χ1) is 7.36. The Balaban J connectivity index is 2.59. The molecule has 0 aromatic heterocycles. The fourth-order valence-electron chi connectivity index (χ4n) is 1.97. The van der Waals surface area contributed by atoms with E-state index in [-0.39, 0.29) is 0 Å². The number of hydrogen-bond acceptors (Lipinski definition) is 1. The van der Waals surface area contributed by atoms with Gasteiger partial charge in [-0.05, 0) is 31.4 Å². The van der Waals surface area contributed by atoms with Crippen molar-refractivity contribution in [3.63, 3.8) is 0 Å². The standard InChI is InChI=1S/C14H16N/c1-3-15(4-2)14-11-7-9-12-8-5-6-10-13(12)14/h5-8,10-11H,3-4H2,1-2H3. The fourth-order valence-corrected chi connectivity index (χ4v) is 1.97. The minimum atomic E-state index is 1.05. The molecule has 0 N–H and O–H groups in total. The average molecular weight is 198 g/mol. The molecule has 15 heavy (non-hydrogen) atoms. The van der Waals surface area contributed by atoms with Crippen LogP contribution in [0.3, 0.4) is 0 Å². The van der Waals surface area contributed by atoms with E-state index in [0.717, 1.165) is 13.1 Å². The molecule has 1 nitrogen and oxygen atoms in total. The number of fused-ring (bicyclic) bond motifs is 1. The third kappa shape index (κ3) is 1.82. The van der Waals surface area contributed by atoms with Crippen molar-refractivity contribution in [3.05, 3.63) is 42.5 Å². The molecule has 0 heterocycles. The first-order valence-electron chi connectivity index (χ1n) is 5.51. The summed E-state index contributed by atoms with van der Waals surface area (Å²) in [4.78, 5) is 2.37. The summed E-state index contributed by atoms with van der Waals surface area (Å²) in [5, 5.41) is 2.49. The lowest BCUT2D eigenvalue weighted by molar-refractivity contribution is 0.870. The number of rotatable bonds is 3. The number of hydrogen-bond donors (Lipinski definition) is 0. The van der Waals surface area contributed by atoms with Gasteiger partial charge in [0.1, 0.15) is 0 Å². The molecule has 0 bridgehead atoms. The molecule has 2 aromatic rings. The third-order valence-electron chi connectivity index (χ3n) is 2.79. The van der Waals surface area contributed by atoms with E-state index in [1.165, 1.54) is 16.5 Å². The van der Waals surface area contributed by atoms with Gasteiger partial charge in [0.15, 0.2) is 0 Å². The number of anilines is 1. The summed E-state index contributed by atoms with van der Waals surface area (Å²) in [7, 11) is 0. The zero-order chi connectivity index (χ0) is 10.7. The lowest BCUT2D eigenvalue weighted by atomic mass is 10.1. The van der Waals surface area contributed by atoms with Crippen molar-refractivity contribution in [1.82, 2.24) is 0 Å². The van der Waals surface area contributed by atoms with Crippen molar-refractivity contribution in [2.45, 2.75) is 13.8 Å². The van der Waals surface area contributed by atoms with E-state index in [0.29, 0.717) is 0 Å². The molecule has 0 saturated carbocycles.